The number of aromatic nitrogens is 3. The van der Waals surface area contributed by atoms with E-state index >= 15 is 0 Å². The summed E-state index contributed by atoms with van der Waals surface area (Å²) in [7, 11) is 0. The summed E-state index contributed by atoms with van der Waals surface area (Å²) in [6.45, 7) is 2.45. The van der Waals surface area contributed by atoms with Gasteiger partial charge in [0.1, 0.15) is 11.6 Å². The van der Waals surface area contributed by atoms with Crippen molar-refractivity contribution in [3.63, 3.8) is 0 Å². The summed E-state index contributed by atoms with van der Waals surface area (Å²) >= 11 is 0. The molecule has 5 nitrogen and oxygen atoms in total. The highest BCUT2D eigenvalue weighted by molar-refractivity contribution is 5.32. The van der Waals surface area contributed by atoms with Crippen molar-refractivity contribution in [3.8, 4) is 5.88 Å². The lowest BCUT2D eigenvalue weighted by Gasteiger charge is -2.06. The molecule has 0 spiro atoms. The molecule has 3 rings (SSSR count). The highest BCUT2D eigenvalue weighted by Crippen LogP contribution is 2.46. The Hall–Kier alpha value is -2.17. The summed E-state index contributed by atoms with van der Waals surface area (Å²) < 4.78 is 5.68. The molecule has 2 atom stereocenters. The number of hydrogen-bond donors (Lipinski definition) is 1. The summed E-state index contributed by atoms with van der Waals surface area (Å²) in [4.78, 5) is 12.6. The van der Waals surface area contributed by atoms with Gasteiger partial charge in [-0.25, -0.2) is 4.98 Å². The molecule has 2 unspecified atom stereocenters. The van der Waals surface area contributed by atoms with Crippen LogP contribution in [0.2, 0.25) is 0 Å². The van der Waals surface area contributed by atoms with Crippen molar-refractivity contribution in [2.45, 2.75) is 19.3 Å². The number of nitrogens with two attached hydrogens (primary N) is 1. The van der Waals surface area contributed by atoms with Gasteiger partial charge in [-0.3, -0.25) is 4.98 Å². The largest absolute Gasteiger partial charge is 0.477 e. The monoisotopic (exact) mass is 256 g/mol. The Morgan fingerprint density at radius 3 is 3.00 bits per heavy atom. The van der Waals surface area contributed by atoms with Gasteiger partial charge in [-0.2, -0.15) is 4.98 Å². The van der Waals surface area contributed by atoms with E-state index in [4.69, 9.17) is 10.5 Å². The van der Waals surface area contributed by atoms with E-state index in [0.717, 1.165) is 12.1 Å². The summed E-state index contributed by atoms with van der Waals surface area (Å²) in [5.74, 6) is 2.66. The van der Waals surface area contributed by atoms with Crippen molar-refractivity contribution >= 4 is 5.82 Å². The molecule has 1 aliphatic carbocycles. The van der Waals surface area contributed by atoms with Crippen LogP contribution in [-0.4, -0.2) is 21.6 Å². The third-order valence-electron chi connectivity index (χ3n) is 3.27. The van der Waals surface area contributed by atoms with Crippen LogP contribution in [-0.2, 0) is 0 Å². The Bertz CT molecular complexity index is 553. The first-order chi connectivity index (χ1) is 9.22. The zero-order valence-electron chi connectivity index (χ0n) is 10.8. The number of nitrogens with zero attached hydrogens (tertiary/aromatic N) is 3. The van der Waals surface area contributed by atoms with E-state index in [0.29, 0.717) is 36.0 Å². The maximum absolute atomic E-state index is 5.68. The van der Waals surface area contributed by atoms with Crippen molar-refractivity contribution in [1.82, 2.24) is 15.0 Å². The molecule has 1 saturated carbocycles. The van der Waals surface area contributed by atoms with Crippen LogP contribution in [0.25, 0.3) is 0 Å². The molecule has 2 aromatic rings. The minimum Gasteiger partial charge on any atom is -0.477 e. The molecule has 98 valence electrons. The second-order valence-electron chi connectivity index (χ2n) is 4.85. The molecular weight excluding hydrogens is 240 g/mol. The van der Waals surface area contributed by atoms with Crippen LogP contribution in [0.15, 0.2) is 30.5 Å². The number of ether oxygens (including phenoxy) is 1. The minimum absolute atomic E-state index is 0.444. The van der Waals surface area contributed by atoms with Gasteiger partial charge in [-0.15, -0.1) is 0 Å². The molecule has 2 aromatic heterocycles. The molecule has 0 radical (unpaired) electrons. The number of hydrogen-bond acceptors (Lipinski definition) is 5. The topological polar surface area (TPSA) is 73.9 Å². The van der Waals surface area contributed by atoms with E-state index < -0.39 is 0 Å². The number of rotatable bonds is 4. The highest BCUT2D eigenvalue weighted by atomic mass is 16.5. The first-order valence-corrected chi connectivity index (χ1v) is 6.37. The zero-order valence-corrected chi connectivity index (χ0v) is 10.8. The summed E-state index contributed by atoms with van der Waals surface area (Å²) in [5, 5.41) is 0. The zero-order chi connectivity index (χ0) is 13.2. The standard InChI is InChI=1S/C14H16N4O/c1-9-17-13(15)7-14(18-9)19-8-10-6-11(10)12-4-2-3-5-16-12/h2-5,7,10-11H,6,8H2,1H3,(H2,15,17,18). The molecule has 0 amide bonds. The maximum Gasteiger partial charge on any atom is 0.218 e. The Balaban J connectivity index is 1.57. The predicted molar refractivity (Wildman–Crippen MR) is 71.8 cm³/mol. The van der Waals surface area contributed by atoms with Crippen molar-refractivity contribution in [2.75, 3.05) is 12.3 Å². The van der Waals surface area contributed by atoms with Crippen LogP contribution in [0.4, 0.5) is 5.82 Å². The predicted octanol–water partition coefficient (Wildman–Crippen LogP) is 1.94. The molecular formula is C14H16N4O. The molecule has 2 N–H and O–H groups in total. The number of nitrogen functional groups attached to an aromatic ring is 1. The van der Waals surface area contributed by atoms with Gasteiger partial charge < -0.3 is 10.5 Å². The Morgan fingerprint density at radius 2 is 2.26 bits per heavy atom. The lowest BCUT2D eigenvalue weighted by molar-refractivity contribution is 0.284. The second-order valence-corrected chi connectivity index (χ2v) is 4.85. The van der Waals surface area contributed by atoms with Gasteiger partial charge in [0.15, 0.2) is 0 Å². The fourth-order valence-electron chi connectivity index (χ4n) is 2.22. The number of aryl methyl sites for hydroxylation is 1. The van der Waals surface area contributed by atoms with Gasteiger partial charge in [0, 0.05) is 29.8 Å². The van der Waals surface area contributed by atoms with Crippen molar-refractivity contribution in [3.05, 3.63) is 42.0 Å². The summed E-state index contributed by atoms with van der Waals surface area (Å²) in [6.07, 6.45) is 2.95. The summed E-state index contributed by atoms with van der Waals surface area (Å²) in [6, 6.07) is 7.68. The van der Waals surface area contributed by atoms with Gasteiger partial charge in [0.05, 0.1) is 6.61 Å². The lowest BCUT2D eigenvalue weighted by Crippen LogP contribution is -2.05. The third kappa shape index (κ3) is 2.81. The molecule has 1 fully saturated rings. The highest BCUT2D eigenvalue weighted by Gasteiger charge is 2.39. The maximum atomic E-state index is 5.68. The Labute approximate surface area is 111 Å². The molecule has 19 heavy (non-hydrogen) atoms. The SMILES string of the molecule is Cc1nc(N)cc(OCC2CC2c2ccccn2)n1. The lowest BCUT2D eigenvalue weighted by atomic mass is 10.2. The molecule has 0 aliphatic heterocycles. The average Bonchev–Trinajstić information content (AvgIpc) is 3.16. The van der Waals surface area contributed by atoms with Crippen LogP contribution in [0.1, 0.15) is 23.9 Å². The Morgan fingerprint density at radius 1 is 1.37 bits per heavy atom. The molecule has 0 saturated heterocycles. The van der Waals surface area contributed by atoms with Gasteiger partial charge in [0.2, 0.25) is 5.88 Å². The van der Waals surface area contributed by atoms with Crippen LogP contribution in [0, 0.1) is 12.8 Å². The third-order valence-corrected chi connectivity index (χ3v) is 3.27. The molecule has 0 aromatic carbocycles. The number of pyridine rings is 1. The molecule has 2 heterocycles. The van der Waals surface area contributed by atoms with Crippen molar-refractivity contribution in [2.24, 2.45) is 5.92 Å². The van der Waals surface area contributed by atoms with Gasteiger partial charge in [-0.1, -0.05) is 6.07 Å². The first kappa shape index (κ1) is 11.9. The normalized spacial score (nSPS) is 21.1. The van der Waals surface area contributed by atoms with Crippen LogP contribution in [0.5, 0.6) is 5.88 Å². The number of anilines is 1. The van der Waals surface area contributed by atoms with Gasteiger partial charge in [-0.05, 0) is 25.5 Å². The fraction of sp³-hybridized carbons (Fsp3) is 0.357. The van der Waals surface area contributed by atoms with E-state index in [1.165, 1.54) is 0 Å². The Kier molecular flexibility index (Phi) is 3.03. The van der Waals surface area contributed by atoms with Crippen LogP contribution >= 0.6 is 0 Å². The van der Waals surface area contributed by atoms with E-state index in [9.17, 15) is 0 Å². The van der Waals surface area contributed by atoms with E-state index in [1.54, 1.807) is 13.0 Å². The summed E-state index contributed by atoms with van der Waals surface area (Å²) in [5.41, 5.74) is 6.81. The minimum atomic E-state index is 0.444. The molecule has 1 aliphatic rings. The average molecular weight is 256 g/mol. The van der Waals surface area contributed by atoms with Crippen molar-refractivity contribution in [1.29, 1.82) is 0 Å². The second kappa shape index (κ2) is 4.84. The van der Waals surface area contributed by atoms with Crippen LogP contribution in [0.3, 0.4) is 0 Å². The van der Waals surface area contributed by atoms with E-state index in [2.05, 4.69) is 21.0 Å². The molecule has 5 heteroatoms. The van der Waals surface area contributed by atoms with E-state index in [1.807, 2.05) is 18.3 Å². The smallest absolute Gasteiger partial charge is 0.218 e. The quantitative estimate of drug-likeness (QED) is 0.905. The fourth-order valence-corrected chi connectivity index (χ4v) is 2.22. The van der Waals surface area contributed by atoms with E-state index in [-0.39, 0.29) is 0 Å². The van der Waals surface area contributed by atoms with Crippen LogP contribution < -0.4 is 10.5 Å². The molecule has 0 bridgehead atoms. The van der Waals surface area contributed by atoms with Crippen molar-refractivity contribution < 1.29 is 4.74 Å². The first-order valence-electron chi connectivity index (χ1n) is 6.37. The van der Waals surface area contributed by atoms with Gasteiger partial charge in [0.25, 0.3) is 0 Å². The van der Waals surface area contributed by atoms with Gasteiger partial charge >= 0.3 is 0 Å².